The summed E-state index contributed by atoms with van der Waals surface area (Å²) in [6.45, 7) is 13.7. The predicted octanol–water partition coefficient (Wildman–Crippen LogP) is 9.42. The molecule has 216 valence electrons. The summed E-state index contributed by atoms with van der Waals surface area (Å²) < 4.78 is 0. The Labute approximate surface area is 257 Å². The van der Waals surface area contributed by atoms with Crippen molar-refractivity contribution >= 4 is 17.7 Å². The Morgan fingerprint density at radius 3 is 2.38 bits per heavy atom. The SMILES string of the molecule is C=Cc1cc(Cl)c(CCc2cccc(-c3cccc(CN4CCCC4)c3)c2C)cc1CCc1cncc(C#N)c1.CC. The average molecular weight is 576 g/mol. The number of aryl methyl sites for hydroxylation is 4. The molecule has 3 nitrogen and oxygen atoms in total. The Morgan fingerprint density at radius 1 is 0.881 bits per heavy atom. The van der Waals surface area contributed by atoms with E-state index in [0.717, 1.165) is 53.9 Å². The van der Waals surface area contributed by atoms with Crippen molar-refractivity contribution in [3.63, 3.8) is 0 Å². The molecule has 3 aromatic carbocycles. The Hall–Kier alpha value is -3.71. The molecule has 1 aromatic heterocycles. The highest BCUT2D eigenvalue weighted by Gasteiger charge is 2.14. The quantitative estimate of drug-likeness (QED) is 0.189. The molecule has 4 aromatic rings. The predicted molar refractivity (Wildman–Crippen MR) is 178 cm³/mol. The lowest BCUT2D eigenvalue weighted by Crippen LogP contribution is -2.18. The van der Waals surface area contributed by atoms with Crippen LogP contribution in [-0.4, -0.2) is 23.0 Å². The zero-order valence-electron chi connectivity index (χ0n) is 25.3. The fourth-order valence-corrected chi connectivity index (χ4v) is 6.09. The number of pyridine rings is 1. The first-order chi connectivity index (χ1) is 20.5. The fourth-order valence-electron chi connectivity index (χ4n) is 5.82. The molecule has 2 heterocycles. The molecule has 1 aliphatic rings. The Bertz CT molecular complexity index is 1540. The van der Waals surface area contributed by atoms with E-state index in [1.54, 1.807) is 6.20 Å². The van der Waals surface area contributed by atoms with Crippen molar-refractivity contribution in [2.24, 2.45) is 0 Å². The van der Waals surface area contributed by atoms with Crippen LogP contribution in [-0.2, 0) is 32.2 Å². The first-order valence-electron chi connectivity index (χ1n) is 15.2. The van der Waals surface area contributed by atoms with Crippen LogP contribution in [0.2, 0.25) is 5.02 Å². The van der Waals surface area contributed by atoms with Crippen LogP contribution >= 0.6 is 11.6 Å². The molecular formula is C38H42ClN3. The molecular weight excluding hydrogens is 534 g/mol. The maximum atomic E-state index is 9.20. The van der Waals surface area contributed by atoms with E-state index in [1.165, 1.54) is 59.3 Å². The van der Waals surface area contributed by atoms with Crippen molar-refractivity contribution in [1.29, 1.82) is 5.26 Å². The summed E-state index contributed by atoms with van der Waals surface area (Å²) in [6, 6.07) is 24.1. The maximum Gasteiger partial charge on any atom is 0.101 e. The number of nitriles is 1. The second kappa shape index (κ2) is 15.5. The van der Waals surface area contributed by atoms with Gasteiger partial charge in [-0.1, -0.05) is 80.6 Å². The van der Waals surface area contributed by atoms with Gasteiger partial charge in [-0.25, -0.2) is 0 Å². The molecule has 0 spiro atoms. The summed E-state index contributed by atoms with van der Waals surface area (Å²) in [5, 5.41) is 9.98. The first-order valence-corrected chi connectivity index (χ1v) is 15.6. The number of hydrogen-bond acceptors (Lipinski definition) is 3. The highest BCUT2D eigenvalue weighted by atomic mass is 35.5. The molecule has 4 heteroatoms. The lowest BCUT2D eigenvalue weighted by molar-refractivity contribution is 0.331. The molecule has 0 N–H and O–H groups in total. The van der Waals surface area contributed by atoms with Crippen LogP contribution in [0.25, 0.3) is 17.2 Å². The summed E-state index contributed by atoms with van der Waals surface area (Å²) in [4.78, 5) is 6.76. The minimum absolute atomic E-state index is 0.592. The first kappa shape index (κ1) is 31.2. The van der Waals surface area contributed by atoms with Gasteiger partial charge in [-0.3, -0.25) is 9.88 Å². The van der Waals surface area contributed by atoms with Crippen molar-refractivity contribution in [3.05, 3.63) is 129 Å². The van der Waals surface area contributed by atoms with Crippen LogP contribution in [0.15, 0.2) is 79.6 Å². The zero-order chi connectivity index (χ0) is 29.9. The van der Waals surface area contributed by atoms with Crippen molar-refractivity contribution in [3.8, 4) is 17.2 Å². The van der Waals surface area contributed by atoms with Crippen LogP contribution in [0, 0.1) is 18.3 Å². The van der Waals surface area contributed by atoms with E-state index >= 15 is 0 Å². The van der Waals surface area contributed by atoms with E-state index in [-0.39, 0.29) is 0 Å². The summed E-state index contributed by atoms with van der Waals surface area (Å²) in [5.41, 5.74) is 11.8. The van der Waals surface area contributed by atoms with E-state index < -0.39 is 0 Å². The van der Waals surface area contributed by atoms with E-state index in [9.17, 15) is 5.26 Å². The second-order valence-electron chi connectivity index (χ2n) is 10.8. The van der Waals surface area contributed by atoms with E-state index in [4.69, 9.17) is 11.6 Å². The van der Waals surface area contributed by atoms with Gasteiger partial charge in [0.05, 0.1) is 5.56 Å². The van der Waals surface area contributed by atoms with Gasteiger partial charge in [0.15, 0.2) is 0 Å². The standard InChI is InChI=1S/C36H36ClN3.C2H6/c1-3-30-21-36(37)34(20-32(30)13-12-27-18-29(22-38)24-39-23-27)15-14-31-9-7-11-35(26(31)2)33-10-6-8-28(19-33)25-40-16-4-5-17-40;1-2/h3,6-11,18-21,23-24H,1,4-5,12-17,25H2,2H3;1-2H3. The molecule has 0 bridgehead atoms. The average Bonchev–Trinajstić information content (AvgIpc) is 3.54. The monoisotopic (exact) mass is 575 g/mol. The molecule has 42 heavy (non-hydrogen) atoms. The molecule has 0 amide bonds. The van der Waals surface area contributed by atoms with Gasteiger partial charge in [-0.05, 0) is 127 Å². The molecule has 1 aliphatic heterocycles. The molecule has 0 saturated carbocycles. The fraction of sp³-hybridized carbons (Fsp3) is 0.316. The topological polar surface area (TPSA) is 39.9 Å². The number of likely N-dealkylation sites (tertiary alicyclic amines) is 1. The Morgan fingerprint density at radius 2 is 1.62 bits per heavy atom. The Balaban J connectivity index is 0.00000198. The maximum absolute atomic E-state index is 9.20. The highest BCUT2D eigenvalue weighted by molar-refractivity contribution is 6.31. The van der Waals surface area contributed by atoms with Gasteiger partial charge in [-0.2, -0.15) is 5.26 Å². The highest BCUT2D eigenvalue weighted by Crippen LogP contribution is 2.30. The third-order valence-electron chi connectivity index (χ3n) is 8.09. The minimum atomic E-state index is 0.592. The number of hydrogen-bond donors (Lipinski definition) is 0. The zero-order valence-corrected chi connectivity index (χ0v) is 26.1. The van der Waals surface area contributed by atoms with Gasteiger partial charge < -0.3 is 0 Å². The van der Waals surface area contributed by atoms with Gasteiger partial charge >= 0.3 is 0 Å². The molecule has 5 rings (SSSR count). The molecule has 1 fully saturated rings. The lowest BCUT2D eigenvalue weighted by Gasteiger charge is -2.17. The second-order valence-corrected chi connectivity index (χ2v) is 11.2. The van der Waals surface area contributed by atoms with Gasteiger partial charge in [0.25, 0.3) is 0 Å². The van der Waals surface area contributed by atoms with Crippen LogP contribution < -0.4 is 0 Å². The van der Waals surface area contributed by atoms with E-state index in [0.29, 0.717) is 5.56 Å². The number of benzene rings is 3. The number of aromatic nitrogens is 1. The smallest absolute Gasteiger partial charge is 0.101 e. The number of nitrogens with zero attached hydrogens (tertiary/aromatic N) is 3. The summed E-state index contributed by atoms with van der Waals surface area (Å²) in [7, 11) is 0. The third kappa shape index (κ3) is 7.97. The van der Waals surface area contributed by atoms with Gasteiger partial charge in [0, 0.05) is 24.0 Å². The minimum Gasteiger partial charge on any atom is -0.299 e. The van der Waals surface area contributed by atoms with Crippen molar-refractivity contribution in [2.45, 2.75) is 65.8 Å². The summed E-state index contributed by atoms with van der Waals surface area (Å²) in [5.74, 6) is 0. The van der Waals surface area contributed by atoms with E-state index in [2.05, 4.69) is 78.0 Å². The van der Waals surface area contributed by atoms with E-state index in [1.807, 2.05) is 38.3 Å². The molecule has 0 radical (unpaired) electrons. The van der Waals surface area contributed by atoms with Gasteiger partial charge in [-0.15, -0.1) is 0 Å². The third-order valence-corrected chi connectivity index (χ3v) is 8.44. The van der Waals surface area contributed by atoms with Crippen LogP contribution in [0.3, 0.4) is 0 Å². The summed E-state index contributed by atoms with van der Waals surface area (Å²) >= 11 is 6.76. The molecule has 0 aliphatic carbocycles. The normalized spacial score (nSPS) is 12.8. The number of rotatable bonds is 10. The molecule has 1 saturated heterocycles. The van der Waals surface area contributed by atoms with Crippen LogP contribution in [0.5, 0.6) is 0 Å². The van der Waals surface area contributed by atoms with Crippen molar-refractivity contribution in [2.75, 3.05) is 13.1 Å². The van der Waals surface area contributed by atoms with Gasteiger partial charge in [0.1, 0.15) is 6.07 Å². The largest absolute Gasteiger partial charge is 0.299 e. The summed E-state index contributed by atoms with van der Waals surface area (Å²) in [6.07, 6.45) is 11.4. The number of halogens is 1. The van der Waals surface area contributed by atoms with Crippen LogP contribution in [0.4, 0.5) is 0 Å². The van der Waals surface area contributed by atoms with Crippen molar-refractivity contribution < 1.29 is 0 Å². The Kier molecular flexibility index (Phi) is 11.5. The lowest BCUT2D eigenvalue weighted by atomic mass is 9.91. The molecule has 0 unspecified atom stereocenters. The molecule has 0 atom stereocenters. The van der Waals surface area contributed by atoms with Crippen molar-refractivity contribution in [1.82, 2.24) is 9.88 Å². The van der Waals surface area contributed by atoms with Gasteiger partial charge in [0.2, 0.25) is 0 Å². The van der Waals surface area contributed by atoms with Crippen LogP contribution in [0.1, 0.15) is 71.2 Å².